The molecule has 27 heavy (non-hydrogen) atoms. The van der Waals surface area contributed by atoms with E-state index in [1.54, 1.807) is 17.1 Å². The van der Waals surface area contributed by atoms with Gasteiger partial charge in [0, 0.05) is 30.6 Å². The minimum Gasteiger partial charge on any atom is -0.381 e. The van der Waals surface area contributed by atoms with Crippen molar-refractivity contribution in [1.29, 1.82) is 10.8 Å². The fourth-order valence-corrected chi connectivity index (χ4v) is 5.17. The second-order valence-electron chi connectivity index (χ2n) is 6.79. The number of fused-ring (bicyclic) bond motifs is 1. The Kier molecular flexibility index (Phi) is 5.85. The number of nitrogens with zero attached hydrogens (tertiary/aromatic N) is 3. The van der Waals surface area contributed by atoms with Gasteiger partial charge in [0.15, 0.2) is 15.5 Å². The number of hydrogen-bond donors (Lipinski definition) is 3. The Labute approximate surface area is 163 Å². The van der Waals surface area contributed by atoms with Crippen LogP contribution in [0.15, 0.2) is 12.4 Å². The maximum absolute atomic E-state index is 11.4. The molecule has 146 valence electrons. The minimum absolute atomic E-state index is 0.0707. The lowest BCUT2D eigenvalue weighted by molar-refractivity contribution is 0.605. The first-order valence-electron chi connectivity index (χ1n) is 8.91. The molecule has 0 atom stereocenters. The zero-order valence-electron chi connectivity index (χ0n) is 15.4. The summed E-state index contributed by atoms with van der Waals surface area (Å²) in [5.41, 5.74) is 2.13. The number of rotatable bonds is 6. The molecular formula is C17H24N6O2S2. The van der Waals surface area contributed by atoms with E-state index in [1.165, 1.54) is 12.8 Å². The molecule has 10 heteroatoms. The highest BCUT2D eigenvalue weighted by Gasteiger charge is 2.22. The van der Waals surface area contributed by atoms with Gasteiger partial charge in [0.05, 0.1) is 28.1 Å². The highest BCUT2D eigenvalue weighted by molar-refractivity contribution is 8.27. The molecule has 0 aliphatic heterocycles. The third-order valence-electron chi connectivity index (χ3n) is 4.53. The van der Waals surface area contributed by atoms with Gasteiger partial charge in [0.1, 0.15) is 5.04 Å². The molecule has 0 radical (unpaired) electrons. The van der Waals surface area contributed by atoms with E-state index in [0.717, 1.165) is 47.6 Å². The van der Waals surface area contributed by atoms with Crippen molar-refractivity contribution in [2.45, 2.75) is 45.2 Å². The van der Waals surface area contributed by atoms with E-state index in [0.29, 0.717) is 18.2 Å². The second kappa shape index (κ2) is 7.97. The summed E-state index contributed by atoms with van der Waals surface area (Å²) in [6.07, 6.45) is 8.99. The number of pyridine rings is 1. The van der Waals surface area contributed by atoms with Crippen molar-refractivity contribution in [3.8, 4) is 0 Å². The number of aromatic nitrogens is 3. The smallest absolute Gasteiger partial charge is 0.159 e. The number of thioether (sulfide) groups is 1. The van der Waals surface area contributed by atoms with Crippen LogP contribution in [-0.4, -0.2) is 51.3 Å². The third kappa shape index (κ3) is 4.67. The lowest BCUT2D eigenvalue weighted by Gasteiger charge is -2.18. The van der Waals surface area contributed by atoms with E-state index >= 15 is 0 Å². The average Bonchev–Trinajstić information content (AvgIpc) is 3.22. The third-order valence-corrected chi connectivity index (χ3v) is 6.34. The molecule has 3 N–H and O–H groups in total. The average molecular weight is 409 g/mol. The molecule has 3 rings (SSSR count). The fraction of sp³-hybridized carbons (Fsp3) is 0.529. The summed E-state index contributed by atoms with van der Waals surface area (Å²) in [6, 6.07) is 0.340. The van der Waals surface area contributed by atoms with Crippen LogP contribution in [0.3, 0.4) is 0 Å². The molecule has 1 aliphatic rings. The second-order valence-corrected chi connectivity index (χ2v) is 10.0. The van der Waals surface area contributed by atoms with Crippen molar-refractivity contribution in [2.75, 3.05) is 17.3 Å². The van der Waals surface area contributed by atoms with E-state index in [2.05, 4.69) is 15.4 Å². The van der Waals surface area contributed by atoms with Crippen LogP contribution < -0.4 is 5.32 Å². The van der Waals surface area contributed by atoms with Crippen LogP contribution in [0, 0.1) is 10.8 Å². The van der Waals surface area contributed by atoms with Crippen molar-refractivity contribution in [3.63, 3.8) is 0 Å². The zero-order valence-corrected chi connectivity index (χ0v) is 17.1. The van der Waals surface area contributed by atoms with Crippen LogP contribution in [0.4, 0.5) is 5.69 Å². The van der Waals surface area contributed by atoms with Gasteiger partial charge in [-0.1, -0.05) is 24.6 Å². The van der Waals surface area contributed by atoms with E-state index < -0.39 is 9.84 Å². The first-order chi connectivity index (χ1) is 12.8. The Morgan fingerprint density at radius 2 is 2.04 bits per heavy atom. The van der Waals surface area contributed by atoms with Gasteiger partial charge < -0.3 is 5.32 Å². The standard InChI is InChI=1S/C17H24N6O2S2/c1-3-23-17-13(9-21-23)15(22-11-6-4-5-7-11)12(8-20-17)16(19)26-14(18)10-27(2,24)25/h8-9,11,18-19H,3-7,10H2,1-2H3,(H,20,22). The zero-order chi connectivity index (χ0) is 19.6. The van der Waals surface area contributed by atoms with Gasteiger partial charge in [0.2, 0.25) is 0 Å². The highest BCUT2D eigenvalue weighted by Crippen LogP contribution is 2.32. The van der Waals surface area contributed by atoms with Gasteiger partial charge in [-0.05, 0) is 19.8 Å². The summed E-state index contributed by atoms with van der Waals surface area (Å²) >= 11 is 0.853. The Morgan fingerprint density at radius 3 is 2.67 bits per heavy atom. The lowest BCUT2D eigenvalue weighted by atomic mass is 10.1. The molecular weight excluding hydrogens is 384 g/mol. The molecule has 0 bridgehead atoms. The van der Waals surface area contributed by atoms with E-state index in [-0.39, 0.29) is 15.8 Å². The molecule has 2 aromatic heterocycles. The van der Waals surface area contributed by atoms with Crippen LogP contribution in [-0.2, 0) is 16.4 Å². The lowest BCUT2D eigenvalue weighted by Crippen LogP contribution is -2.18. The van der Waals surface area contributed by atoms with Gasteiger partial charge in [-0.3, -0.25) is 10.8 Å². The number of anilines is 1. The van der Waals surface area contributed by atoms with E-state index in [9.17, 15) is 8.42 Å². The normalized spacial score (nSPS) is 15.3. The summed E-state index contributed by atoms with van der Waals surface area (Å²) < 4.78 is 24.6. The highest BCUT2D eigenvalue weighted by atomic mass is 32.2. The van der Waals surface area contributed by atoms with Crippen molar-refractivity contribution < 1.29 is 8.42 Å². The largest absolute Gasteiger partial charge is 0.381 e. The number of sulfone groups is 1. The Hall–Kier alpha value is -1.94. The minimum atomic E-state index is -3.30. The molecule has 0 saturated heterocycles. The van der Waals surface area contributed by atoms with E-state index in [1.807, 2.05) is 6.92 Å². The van der Waals surface area contributed by atoms with Crippen LogP contribution in [0.25, 0.3) is 11.0 Å². The summed E-state index contributed by atoms with van der Waals surface area (Å²) in [6.45, 7) is 2.69. The van der Waals surface area contributed by atoms with Crippen molar-refractivity contribution >= 4 is 48.4 Å². The first kappa shape index (κ1) is 19.8. The van der Waals surface area contributed by atoms with Crippen LogP contribution in [0.5, 0.6) is 0 Å². The molecule has 0 unspecified atom stereocenters. The number of hydrogen-bond acceptors (Lipinski definition) is 8. The van der Waals surface area contributed by atoms with Crippen LogP contribution in [0.2, 0.25) is 0 Å². The Balaban J connectivity index is 1.95. The predicted molar refractivity (Wildman–Crippen MR) is 111 cm³/mol. The molecule has 2 aromatic rings. The van der Waals surface area contributed by atoms with Crippen molar-refractivity contribution in [1.82, 2.24) is 14.8 Å². The van der Waals surface area contributed by atoms with Crippen molar-refractivity contribution in [2.24, 2.45) is 0 Å². The van der Waals surface area contributed by atoms with Gasteiger partial charge >= 0.3 is 0 Å². The van der Waals surface area contributed by atoms with Crippen molar-refractivity contribution in [3.05, 3.63) is 18.0 Å². The maximum Gasteiger partial charge on any atom is 0.159 e. The molecule has 8 nitrogen and oxygen atoms in total. The predicted octanol–water partition coefficient (Wildman–Crippen LogP) is 2.89. The molecule has 0 aromatic carbocycles. The van der Waals surface area contributed by atoms with Crippen LogP contribution >= 0.6 is 11.8 Å². The summed E-state index contributed by atoms with van der Waals surface area (Å²) in [7, 11) is -3.30. The van der Waals surface area contributed by atoms with Gasteiger partial charge in [-0.2, -0.15) is 5.10 Å². The molecule has 0 amide bonds. The van der Waals surface area contributed by atoms with Crippen LogP contribution in [0.1, 0.15) is 38.2 Å². The fourth-order valence-electron chi connectivity index (χ4n) is 3.31. The molecule has 2 heterocycles. The number of nitrogens with one attached hydrogen (secondary N) is 3. The molecule has 1 fully saturated rings. The van der Waals surface area contributed by atoms with Gasteiger partial charge in [0.25, 0.3) is 0 Å². The summed E-state index contributed by atoms with van der Waals surface area (Å²) in [5, 5.41) is 25.2. The van der Waals surface area contributed by atoms with Gasteiger partial charge in [-0.25, -0.2) is 18.1 Å². The van der Waals surface area contributed by atoms with E-state index in [4.69, 9.17) is 10.8 Å². The molecule has 1 saturated carbocycles. The molecule has 1 aliphatic carbocycles. The first-order valence-corrected chi connectivity index (χ1v) is 11.8. The molecule has 0 spiro atoms. The maximum atomic E-state index is 11.4. The summed E-state index contributed by atoms with van der Waals surface area (Å²) in [5.74, 6) is -0.366. The van der Waals surface area contributed by atoms with Gasteiger partial charge in [-0.15, -0.1) is 0 Å². The Morgan fingerprint density at radius 1 is 1.33 bits per heavy atom. The number of aryl methyl sites for hydroxylation is 1. The quantitative estimate of drug-likeness (QED) is 0.498. The topological polar surface area (TPSA) is 125 Å². The monoisotopic (exact) mass is 408 g/mol. The SMILES string of the molecule is CCn1ncc2c(NC3CCCC3)c(C(=N)SC(=N)CS(C)(=O)=O)cnc21. The summed E-state index contributed by atoms with van der Waals surface area (Å²) in [4.78, 5) is 4.47. The Bertz CT molecular complexity index is 977.